The Hall–Kier alpha value is -0.0800. The minimum Gasteiger partial charge on any atom is -0.391 e. The average Bonchev–Trinajstić information content (AvgIpc) is 1.80. The Morgan fingerprint density at radius 2 is 2.33 bits per heavy atom. The van der Waals surface area contributed by atoms with Gasteiger partial charge >= 0.3 is 0 Å². The molecule has 0 aliphatic carbocycles. The molecule has 0 heterocycles. The van der Waals surface area contributed by atoms with E-state index in [1.54, 1.807) is 6.92 Å². The zero-order chi connectivity index (χ0) is 7.11. The molecule has 55 valence electrons. The number of rotatable bonds is 5. The molecule has 0 fully saturated rings. The van der Waals surface area contributed by atoms with Crippen LogP contribution >= 0.6 is 0 Å². The Morgan fingerprint density at radius 1 is 1.67 bits per heavy atom. The molecule has 1 atom stereocenters. The Labute approximate surface area is 56.8 Å². The lowest BCUT2D eigenvalue weighted by Crippen LogP contribution is -2.10. The number of hydrogen-bond donors (Lipinski definition) is 1. The van der Waals surface area contributed by atoms with Crippen LogP contribution in [0.1, 0.15) is 19.8 Å². The molecule has 1 radical (unpaired) electrons. The normalized spacial score (nSPS) is 13.7. The Morgan fingerprint density at radius 3 is 2.78 bits per heavy atom. The van der Waals surface area contributed by atoms with E-state index in [-0.39, 0.29) is 6.10 Å². The first kappa shape index (κ1) is 8.92. The van der Waals surface area contributed by atoms with E-state index in [0.717, 1.165) is 12.8 Å². The Bertz CT molecular complexity index is 52.9. The molecule has 0 rings (SSSR count). The van der Waals surface area contributed by atoms with Crippen molar-refractivity contribution in [3.05, 3.63) is 6.92 Å². The smallest absolute Gasteiger partial charge is 0.0745 e. The van der Waals surface area contributed by atoms with E-state index in [9.17, 15) is 0 Å². The molecule has 1 N–H and O–H groups in total. The van der Waals surface area contributed by atoms with Crippen LogP contribution in [0, 0.1) is 6.92 Å². The van der Waals surface area contributed by atoms with Crippen molar-refractivity contribution >= 4 is 0 Å². The van der Waals surface area contributed by atoms with Crippen molar-refractivity contribution in [2.24, 2.45) is 0 Å². The van der Waals surface area contributed by atoms with Crippen LogP contribution in [0.3, 0.4) is 0 Å². The predicted molar refractivity (Wildman–Crippen MR) is 37.1 cm³/mol. The molecular weight excluding hydrogens is 116 g/mol. The molecule has 0 bridgehead atoms. The molecule has 2 heteroatoms. The van der Waals surface area contributed by atoms with Crippen molar-refractivity contribution in [2.75, 3.05) is 13.2 Å². The second-order valence-electron chi connectivity index (χ2n) is 2.13. The topological polar surface area (TPSA) is 29.5 Å². The maximum Gasteiger partial charge on any atom is 0.0745 e. The van der Waals surface area contributed by atoms with Gasteiger partial charge in [0.2, 0.25) is 0 Å². The summed E-state index contributed by atoms with van der Waals surface area (Å²) in [6.45, 7) is 6.53. The van der Waals surface area contributed by atoms with Crippen LogP contribution in [-0.2, 0) is 4.74 Å². The van der Waals surface area contributed by atoms with Crippen LogP contribution in [0.5, 0.6) is 0 Å². The summed E-state index contributed by atoms with van der Waals surface area (Å²) in [5, 5.41) is 8.71. The molecule has 2 nitrogen and oxygen atoms in total. The molecule has 0 aromatic carbocycles. The second-order valence-corrected chi connectivity index (χ2v) is 2.13. The van der Waals surface area contributed by atoms with E-state index in [4.69, 9.17) is 9.84 Å². The highest BCUT2D eigenvalue weighted by atomic mass is 16.5. The number of hydrogen-bond acceptors (Lipinski definition) is 2. The van der Waals surface area contributed by atoms with E-state index in [1.165, 1.54) is 0 Å². The molecule has 0 spiro atoms. The van der Waals surface area contributed by atoms with Crippen molar-refractivity contribution in [3.8, 4) is 0 Å². The van der Waals surface area contributed by atoms with E-state index in [2.05, 4.69) is 6.92 Å². The molecule has 0 aliphatic heterocycles. The number of unbranched alkanes of at least 4 members (excludes halogenated alkanes) is 1. The van der Waals surface area contributed by atoms with Gasteiger partial charge in [0.25, 0.3) is 0 Å². The van der Waals surface area contributed by atoms with Gasteiger partial charge in [-0.3, -0.25) is 0 Å². The van der Waals surface area contributed by atoms with Gasteiger partial charge < -0.3 is 9.84 Å². The largest absolute Gasteiger partial charge is 0.391 e. The molecule has 0 aromatic heterocycles. The fraction of sp³-hybridized carbons (Fsp3) is 0.857. The standard InChI is InChI=1S/C7H15O2/c1-3-4-5-9-6-7(2)8/h7-8H,1,3-6H2,2H3. The van der Waals surface area contributed by atoms with Crippen molar-refractivity contribution in [2.45, 2.75) is 25.9 Å². The Balaban J connectivity index is 2.75. The summed E-state index contributed by atoms with van der Waals surface area (Å²) in [4.78, 5) is 0. The molecule has 0 saturated heterocycles. The van der Waals surface area contributed by atoms with Crippen molar-refractivity contribution in [1.29, 1.82) is 0 Å². The minimum absolute atomic E-state index is 0.338. The molecule has 0 aliphatic rings. The van der Waals surface area contributed by atoms with Crippen molar-refractivity contribution in [3.63, 3.8) is 0 Å². The van der Waals surface area contributed by atoms with Crippen LogP contribution in [0.4, 0.5) is 0 Å². The number of aliphatic hydroxyl groups is 1. The number of aliphatic hydroxyl groups excluding tert-OH is 1. The molecule has 9 heavy (non-hydrogen) atoms. The van der Waals surface area contributed by atoms with Gasteiger partial charge in [-0.2, -0.15) is 0 Å². The third-order valence-electron chi connectivity index (χ3n) is 0.898. The highest BCUT2D eigenvalue weighted by Gasteiger charge is 1.92. The fourth-order valence-electron chi connectivity index (χ4n) is 0.458. The van der Waals surface area contributed by atoms with Gasteiger partial charge in [-0.1, -0.05) is 13.3 Å². The first-order chi connectivity index (χ1) is 4.27. The zero-order valence-electron chi connectivity index (χ0n) is 5.97. The van der Waals surface area contributed by atoms with Gasteiger partial charge in [-0.05, 0) is 13.3 Å². The highest BCUT2D eigenvalue weighted by Crippen LogP contribution is 1.88. The maximum atomic E-state index is 8.71. The number of ether oxygens (including phenoxy) is 1. The molecular formula is C7H15O2. The zero-order valence-corrected chi connectivity index (χ0v) is 5.97. The summed E-state index contributed by atoms with van der Waals surface area (Å²) in [7, 11) is 0. The SMILES string of the molecule is [CH2]CCCOCC(C)O. The van der Waals surface area contributed by atoms with E-state index < -0.39 is 0 Å². The third kappa shape index (κ3) is 7.92. The van der Waals surface area contributed by atoms with Gasteiger partial charge in [0.1, 0.15) is 0 Å². The maximum absolute atomic E-state index is 8.71. The van der Waals surface area contributed by atoms with Gasteiger partial charge in [0.15, 0.2) is 0 Å². The summed E-state index contributed by atoms with van der Waals surface area (Å²) < 4.78 is 5.05. The van der Waals surface area contributed by atoms with Crippen LogP contribution in [0.15, 0.2) is 0 Å². The lowest BCUT2D eigenvalue weighted by atomic mass is 10.4. The lowest BCUT2D eigenvalue weighted by molar-refractivity contribution is 0.0455. The predicted octanol–water partition coefficient (Wildman–Crippen LogP) is 0.998. The summed E-state index contributed by atoms with van der Waals surface area (Å²) >= 11 is 0. The Kier molecular flexibility index (Phi) is 5.99. The van der Waals surface area contributed by atoms with Gasteiger partial charge in [0, 0.05) is 6.61 Å². The lowest BCUT2D eigenvalue weighted by Gasteiger charge is -2.03. The van der Waals surface area contributed by atoms with E-state index in [1.807, 2.05) is 0 Å². The first-order valence-corrected chi connectivity index (χ1v) is 3.32. The summed E-state index contributed by atoms with van der Waals surface area (Å²) in [6, 6.07) is 0. The van der Waals surface area contributed by atoms with Gasteiger partial charge in [-0.15, -0.1) is 0 Å². The second kappa shape index (κ2) is 6.05. The van der Waals surface area contributed by atoms with Gasteiger partial charge in [-0.25, -0.2) is 0 Å². The molecule has 0 aromatic rings. The van der Waals surface area contributed by atoms with Crippen LogP contribution in [0.25, 0.3) is 0 Å². The third-order valence-corrected chi connectivity index (χ3v) is 0.898. The quantitative estimate of drug-likeness (QED) is 0.564. The van der Waals surface area contributed by atoms with E-state index in [0.29, 0.717) is 13.2 Å². The van der Waals surface area contributed by atoms with E-state index >= 15 is 0 Å². The van der Waals surface area contributed by atoms with Crippen LogP contribution in [-0.4, -0.2) is 24.4 Å². The highest BCUT2D eigenvalue weighted by molar-refractivity contribution is 4.43. The molecule has 0 amide bonds. The van der Waals surface area contributed by atoms with Crippen molar-refractivity contribution < 1.29 is 9.84 Å². The van der Waals surface area contributed by atoms with Crippen LogP contribution in [0.2, 0.25) is 0 Å². The van der Waals surface area contributed by atoms with Crippen LogP contribution < -0.4 is 0 Å². The van der Waals surface area contributed by atoms with Gasteiger partial charge in [0.05, 0.1) is 12.7 Å². The summed E-state index contributed by atoms with van der Waals surface area (Å²) in [5.41, 5.74) is 0. The fourth-order valence-corrected chi connectivity index (χ4v) is 0.458. The molecule has 0 saturated carbocycles. The summed E-state index contributed by atoms with van der Waals surface area (Å²) in [5.74, 6) is 0. The summed E-state index contributed by atoms with van der Waals surface area (Å²) in [6.07, 6.45) is 1.54. The minimum atomic E-state index is -0.338. The average molecular weight is 131 g/mol. The molecule has 1 unspecified atom stereocenters. The monoisotopic (exact) mass is 131 g/mol. The van der Waals surface area contributed by atoms with Crippen molar-refractivity contribution in [1.82, 2.24) is 0 Å². The first-order valence-electron chi connectivity index (χ1n) is 3.32.